The molecular formula is C16H14FN3O5. The molecule has 1 aliphatic heterocycles. The summed E-state index contributed by atoms with van der Waals surface area (Å²) in [5.74, 6) is -2.27. The van der Waals surface area contributed by atoms with E-state index >= 15 is 0 Å². The average Bonchev–Trinajstić information content (AvgIpc) is 2.62. The average molecular weight is 347 g/mol. The number of carboxylic acids is 1. The smallest absolute Gasteiger partial charge is 0.328 e. The number of hydrogen-bond donors (Lipinski definition) is 1. The van der Waals surface area contributed by atoms with Gasteiger partial charge in [0.15, 0.2) is 6.04 Å². The quantitative estimate of drug-likeness (QED) is 0.857. The molecule has 0 bridgehead atoms. The van der Waals surface area contributed by atoms with Crippen LogP contribution in [0.4, 0.5) is 4.39 Å². The van der Waals surface area contributed by atoms with Gasteiger partial charge in [-0.05, 0) is 30.3 Å². The first-order valence-electron chi connectivity index (χ1n) is 7.45. The van der Waals surface area contributed by atoms with Gasteiger partial charge < -0.3 is 14.7 Å². The van der Waals surface area contributed by atoms with Gasteiger partial charge in [-0.15, -0.1) is 0 Å². The molecule has 1 aliphatic rings. The lowest BCUT2D eigenvalue weighted by molar-refractivity contribution is -0.147. The van der Waals surface area contributed by atoms with Crippen LogP contribution in [0.1, 0.15) is 10.5 Å². The van der Waals surface area contributed by atoms with Crippen molar-refractivity contribution in [3.05, 3.63) is 58.3 Å². The number of halogens is 1. The van der Waals surface area contributed by atoms with Crippen LogP contribution in [-0.2, 0) is 9.53 Å². The van der Waals surface area contributed by atoms with E-state index in [-0.39, 0.29) is 31.1 Å². The molecule has 9 heteroatoms. The number of amides is 1. The number of ether oxygens (including phenoxy) is 1. The molecule has 0 spiro atoms. The summed E-state index contributed by atoms with van der Waals surface area (Å²) >= 11 is 0. The minimum atomic E-state index is -1.18. The summed E-state index contributed by atoms with van der Waals surface area (Å²) in [5.41, 5.74) is -0.296. The third-order valence-corrected chi connectivity index (χ3v) is 3.76. The molecule has 0 radical (unpaired) electrons. The molecule has 1 amide bonds. The second kappa shape index (κ2) is 6.81. The van der Waals surface area contributed by atoms with E-state index in [1.54, 1.807) is 0 Å². The number of rotatable bonds is 3. The van der Waals surface area contributed by atoms with Gasteiger partial charge in [0.2, 0.25) is 0 Å². The van der Waals surface area contributed by atoms with E-state index in [1.165, 1.54) is 30.3 Å². The predicted octanol–water partition coefficient (Wildman–Crippen LogP) is 0.297. The Kier molecular flexibility index (Phi) is 4.57. The van der Waals surface area contributed by atoms with Crippen molar-refractivity contribution < 1.29 is 23.8 Å². The fourth-order valence-corrected chi connectivity index (χ4v) is 2.49. The second-order valence-electron chi connectivity index (χ2n) is 5.37. The van der Waals surface area contributed by atoms with Crippen molar-refractivity contribution in [3.8, 4) is 5.69 Å². The molecule has 8 nitrogen and oxygen atoms in total. The van der Waals surface area contributed by atoms with Gasteiger partial charge in [0.05, 0.1) is 18.9 Å². The van der Waals surface area contributed by atoms with Crippen LogP contribution in [0.3, 0.4) is 0 Å². The van der Waals surface area contributed by atoms with Gasteiger partial charge in [-0.25, -0.2) is 9.18 Å². The maximum atomic E-state index is 13.0. The van der Waals surface area contributed by atoms with Crippen LogP contribution < -0.4 is 5.56 Å². The van der Waals surface area contributed by atoms with Gasteiger partial charge in [-0.2, -0.15) is 9.78 Å². The number of benzene rings is 1. The maximum absolute atomic E-state index is 13.0. The van der Waals surface area contributed by atoms with Crippen LogP contribution in [0.25, 0.3) is 5.69 Å². The Morgan fingerprint density at radius 2 is 1.92 bits per heavy atom. The van der Waals surface area contributed by atoms with Gasteiger partial charge in [-0.1, -0.05) is 0 Å². The molecule has 2 aromatic rings. The Balaban J connectivity index is 1.96. The van der Waals surface area contributed by atoms with E-state index in [4.69, 9.17) is 4.74 Å². The van der Waals surface area contributed by atoms with E-state index in [9.17, 15) is 23.9 Å². The molecular weight excluding hydrogens is 333 g/mol. The van der Waals surface area contributed by atoms with Crippen molar-refractivity contribution >= 4 is 11.9 Å². The Labute approximate surface area is 141 Å². The van der Waals surface area contributed by atoms with E-state index in [0.29, 0.717) is 0 Å². The number of carboxylic acid groups (broad SMARTS) is 1. The fourth-order valence-electron chi connectivity index (χ4n) is 2.49. The third kappa shape index (κ3) is 3.41. The molecule has 2 heterocycles. The number of carbonyl (C=O) groups is 2. The lowest BCUT2D eigenvalue weighted by Gasteiger charge is -2.32. The SMILES string of the molecule is O=C(O)C1COCCN1C(=O)c1ccc(=O)n(-c2ccc(F)cc2)n1. The number of hydrogen-bond acceptors (Lipinski definition) is 5. The van der Waals surface area contributed by atoms with Gasteiger partial charge in [0.25, 0.3) is 11.5 Å². The highest BCUT2D eigenvalue weighted by atomic mass is 19.1. The van der Waals surface area contributed by atoms with Crippen LogP contribution >= 0.6 is 0 Å². The number of morpholine rings is 1. The summed E-state index contributed by atoms with van der Waals surface area (Å²) in [5, 5.41) is 13.2. The molecule has 130 valence electrons. The number of nitrogens with zero attached hydrogens (tertiary/aromatic N) is 3. The predicted molar refractivity (Wildman–Crippen MR) is 83.1 cm³/mol. The molecule has 0 aliphatic carbocycles. The first-order valence-corrected chi connectivity index (χ1v) is 7.45. The first kappa shape index (κ1) is 16.8. The van der Waals surface area contributed by atoms with Gasteiger partial charge >= 0.3 is 5.97 Å². The minimum Gasteiger partial charge on any atom is -0.480 e. The van der Waals surface area contributed by atoms with Crippen molar-refractivity contribution in [3.63, 3.8) is 0 Å². The van der Waals surface area contributed by atoms with Gasteiger partial charge in [0, 0.05) is 12.6 Å². The van der Waals surface area contributed by atoms with E-state index < -0.39 is 29.3 Å². The van der Waals surface area contributed by atoms with Crippen molar-refractivity contribution in [2.75, 3.05) is 19.8 Å². The van der Waals surface area contributed by atoms with Crippen LogP contribution in [0.15, 0.2) is 41.2 Å². The van der Waals surface area contributed by atoms with Crippen LogP contribution in [0.2, 0.25) is 0 Å². The van der Waals surface area contributed by atoms with Crippen molar-refractivity contribution in [1.29, 1.82) is 0 Å². The van der Waals surface area contributed by atoms with E-state index in [1.807, 2.05) is 0 Å². The van der Waals surface area contributed by atoms with Crippen molar-refractivity contribution in [2.45, 2.75) is 6.04 Å². The largest absolute Gasteiger partial charge is 0.480 e. The summed E-state index contributed by atoms with van der Waals surface area (Å²) in [6.45, 7) is 0.207. The summed E-state index contributed by atoms with van der Waals surface area (Å²) < 4.78 is 19.1. The fraction of sp³-hybridized carbons (Fsp3) is 0.250. The van der Waals surface area contributed by atoms with Crippen LogP contribution in [0, 0.1) is 5.82 Å². The highest BCUT2D eigenvalue weighted by Gasteiger charge is 2.34. The normalized spacial score (nSPS) is 17.3. The summed E-state index contributed by atoms with van der Waals surface area (Å²) in [6, 6.07) is 6.31. The van der Waals surface area contributed by atoms with Crippen molar-refractivity contribution in [2.24, 2.45) is 0 Å². The molecule has 1 N–H and O–H groups in total. The molecule has 1 aromatic carbocycles. The lowest BCUT2D eigenvalue weighted by atomic mass is 10.2. The van der Waals surface area contributed by atoms with E-state index in [2.05, 4.69) is 5.10 Å². The monoisotopic (exact) mass is 347 g/mol. The van der Waals surface area contributed by atoms with Gasteiger partial charge in [-0.3, -0.25) is 9.59 Å². The van der Waals surface area contributed by atoms with Crippen LogP contribution in [-0.4, -0.2) is 57.5 Å². The highest BCUT2D eigenvalue weighted by molar-refractivity contribution is 5.95. The Hall–Kier alpha value is -3.07. The zero-order chi connectivity index (χ0) is 18.0. The van der Waals surface area contributed by atoms with Crippen LogP contribution in [0.5, 0.6) is 0 Å². The zero-order valence-corrected chi connectivity index (χ0v) is 13.0. The molecule has 3 rings (SSSR count). The molecule has 1 fully saturated rings. The Bertz CT molecular complexity index is 865. The number of aromatic nitrogens is 2. The molecule has 1 unspecified atom stereocenters. The topological polar surface area (TPSA) is 102 Å². The first-order chi connectivity index (χ1) is 12.0. The molecule has 25 heavy (non-hydrogen) atoms. The summed E-state index contributed by atoms with van der Waals surface area (Å²) in [6.07, 6.45) is 0. The lowest BCUT2D eigenvalue weighted by Crippen LogP contribution is -2.53. The second-order valence-corrected chi connectivity index (χ2v) is 5.37. The maximum Gasteiger partial charge on any atom is 0.328 e. The van der Waals surface area contributed by atoms with E-state index in [0.717, 1.165) is 15.6 Å². The summed E-state index contributed by atoms with van der Waals surface area (Å²) in [4.78, 5) is 37.1. The molecule has 1 atom stereocenters. The zero-order valence-electron chi connectivity index (χ0n) is 13.0. The Morgan fingerprint density at radius 1 is 1.20 bits per heavy atom. The third-order valence-electron chi connectivity index (χ3n) is 3.76. The Morgan fingerprint density at radius 3 is 2.60 bits per heavy atom. The standard InChI is InChI=1S/C16H14FN3O5/c17-10-1-3-11(4-2-10)20-14(21)6-5-12(18-20)15(22)19-7-8-25-9-13(19)16(23)24/h1-6,13H,7-9H2,(H,23,24). The number of aliphatic carboxylic acids is 1. The molecule has 1 saturated heterocycles. The van der Waals surface area contributed by atoms with Crippen molar-refractivity contribution in [1.82, 2.24) is 14.7 Å². The number of carbonyl (C=O) groups excluding carboxylic acids is 1. The summed E-state index contributed by atoms with van der Waals surface area (Å²) in [7, 11) is 0. The van der Waals surface area contributed by atoms with Gasteiger partial charge in [0.1, 0.15) is 11.5 Å². The minimum absolute atomic E-state index is 0.0860. The highest BCUT2D eigenvalue weighted by Crippen LogP contribution is 2.12. The molecule has 1 aromatic heterocycles. The molecule has 0 saturated carbocycles.